The molecule has 2 amide bonds. The van der Waals surface area contributed by atoms with Crippen molar-refractivity contribution >= 4 is 17.8 Å². The Kier molecular flexibility index (Phi) is 5.49. The zero-order valence-corrected chi connectivity index (χ0v) is 14.6. The van der Waals surface area contributed by atoms with Crippen molar-refractivity contribution in [2.24, 2.45) is 0 Å². The van der Waals surface area contributed by atoms with Gasteiger partial charge >= 0.3 is 6.03 Å². The summed E-state index contributed by atoms with van der Waals surface area (Å²) >= 11 is 1.96. The number of thioether (sulfide) groups is 1. The van der Waals surface area contributed by atoms with E-state index in [1.807, 2.05) is 11.8 Å². The number of rotatable bonds is 4. The molecule has 2 heterocycles. The number of nitrogens with one attached hydrogen (secondary N) is 2. The summed E-state index contributed by atoms with van der Waals surface area (Å²) in [5.74, 6) is 2.25. The number of carbonyl (C=O) groups is 1. The Hall–Kier alpha value is -1.20. The Morgan fingerprint density at radius 1 is 1.48 bits per heavy atom. The number of ether oxygens (including phenoxy) is 1. The fraction of sp³-hybridized carbons (Fsp3) is 0.611. The molecule has 1 spiro atoms. The van der Waals surface area contributed by atoms with Gasteiger partial charge in [-0.2, -0.15) is 11.8 Å². The average molecular weight is 334 g/mol. The maximum atomic E-state index is 12.1. The molecule has 0 saturated carbocycles. The fourth-order valence-electron chi connectivity index (χ4n) is 3.44. The predicted molar refractivity (Wildman–Crippen MR) is 95.1 cm³/mol. The molecule has 0 aliphatic carbocycles. The van der Waals surface area contributed by atoms with E-state index >= 15 is 0 Å². The van der Waals surface area contributed by atoms with Crippen LogP contribution in [0, 0.1) is 6.92 Å². The number of urea groups is 1. The quantitative estimate of drug-likeness (QED) is 0.890. The first-order valence-electron chi connectivity index (χ1n) is 8.47. The van der Waals surface area contributed by atoms with Crippen LogP contribution in [0.2, 0.25) is 0 Å². The summed E-state index contributed by atoms with van der Waals surface area (Å²) in [7, 11) is 0. The highest BCUT2D eigenvalue weighted by Gasteiger charge is 2.40. The van der Waals surface area contributed by atoms with Crippen molar-refractivity contribution in [3.05, 3.63) is 35.4 Å². The van der Waals surface area contributed by atoms with Crippen molar-refractivity contribution in [2.45, 2.75) is 44.2 Å². The first-order chi connectivity index (χ1) is 11.2. The summed E-state index contributed by atoms with van der Waals surface area (Å²) in [5.41, 5.74) is 2.54. The second kappa shape index (κ2) is 7.58. The summed E-state index contributed by atoms with van der Waals surface area (Å²) in [4.78, 5) is 12.1. The highest BCUT2D eigenvalue weighted by Crippen LogP contribution is 2.38. The second-order valence-corrected chi connectivity index (χ2v) is 7.77. The van der Waals surface area contributed by atoms with Crippen molar-refractivity contribution in [3.63, 3.8) is 0 Å². The number of carbonyl (C=O) groups excluding carboxylic acids is 1. The van der Waals surface area contributed by atoms with Gasteiger partial charge in [-0.1, -0.05) is 29.8 Å². The summed E-state index contributed by atoms with van der Waals surface area (Å²) in [6.45, 7) is 3.51. The zero-order valence-electron chi connectivity index (χ0n) is 13.8. The minimum absolute atomic E-state index is 0.0163. The third-order valence-corrected chi connectivity index (χ3v) is 5.90. The van der Waals surface area contributed by atoms with Gasteiger partial charge in [0.2, 0.25) is 0 Å². The number of aryl methyl sites for hydroxylation is 1. The van der Waals surface area contributed by atoms with Gasteiger partial charge in [0, 0.05) is 24.9 Å². The van der Waals surface area contributed by atoms with E-state index in [-0.39, 0.29) is 17.7 Å². The first-order valence-corrected chi connectivity index (χ1v) is 9.62. The molecule has 5 heteroatoms. The van der Waals surface area contributed by atoms with E-state index in [0.29, 0.717) is 6.54 Å². The topological polar surface area (TPSA) is 50.4 Å². The molecular weight excluding hydrogens is 308 g/mol. The van der Waals surface area contributed by atoms with E-state index in [9.17, 15) is 4.79 Å². The van der Waals surface area contributed by atoms with Crippen LogP contribution in [0.25, 0.3) is 0 Å². The molecule has 2 N–H and O–H groups in total. The van der Waals surface area contributed by atoms with Crippen LogP contribution in [-0.2, 0) is 11.2 Å². The molecule has 2 fully saturated rings. The minimum atomic E-state index is -0.0506. The Bertz CT molecular complexity index is 544. The normalized spacial score (nSPS) is 27.1. The molecule has 2 aliphatic rings. The van der Waals surface area contributed by atoms with Gasteiger partial charge in [0.1, 0.15) is 0 Å². The predicted octanol–water partition coefficient (Wildman–Crippen LogP) is 2.89. The van der Waals surface area contributed by atoms with Crippen LogP contribution in [0.15, 0.2) is 24.3 Å². The summed E-state index contributed by atoms with van der Waals surface area (Å²) in [6.07, 6.45) is 3.84. The third kappa shape index (κ3) is 4.64. The van der Waals surface area contributed by atoms with Crippen LogP contribution in [0.1, 0.15) is 30.4 Å². The van der Waals surface area contributed by atoms with E-state index < -0.39 is 0 Å². The van der Waals surface area contributed by atoms with E-state index in [1.165, 1.54) is 16.9 Å². The van der Waals surface area contributed by atoms with Crippen LogP contribution < -0.4 is 10.6 Å². The van der Waals surface area contributed by atoms with E-state index in [4.69, 9.17) is 4.74 Å². The van der Waals surface area contributed by atoms with Gasteiger partial charge in [-0.15, -0.1) is 0 Å². The minimum Gasteiger partial charge on any atom is -0.374 e. The maximum Gasteiger partial charge on any atom is 0.315 e. The summed E-state index contributed by atoms with van der Waals surface area (Å²) < 4.78 is 6.00. The van der Waals surface area contributed by atoms with Crippen LogP contribution in [0.3, 0.4) is 0 Å². The first kappa shape index (κ1) is 16.7. The van der Waals surface area contributed by atoms with Crippen molar-refractivity contribution in [1.82, 2.24) is 10.6 Å². The molecule has 2 saturated heterocycles. The zero-order chi connectivity index (χ0) is 16.1. The molecule has 1 aromatic carbocycles. The van der Waals surface area contributed by atoms with Gasteiger partial charge in [0.05, 0.1) is 5.60 Å². The Balaban J connectivity index is 1.40. The maximum absolute atomic E-state index is 12.1. The van der Waals surface area contributed by atoms with Gasteiger partial charge < -0.3 is 15.4 Å². The molecule has 23 heavy (non-hydrogen) atoms. The standard InChI is InChI=1S/C18H26N2O2S/c1-14-3-2-4-15(11-14)5-8-19-17(21)20-16-6-9-22-18(12-16)7-10-23-13-18/h2-4,11,16H,5-10,12-13H2,1H3,(H2,19,20,21)/t16-,18+/m0/s1. The average Bonchev–Trinajstić information content (AvgIpc) is 2.95. The molecule has 0 bridgehead atoms. The van der Waals surface area contributed by atoms with Crippen molar-refractivity contribution in [2.75, 3.05) is 24.7 Å². The SMILES string of the molecule is Cc1cccc(CCNC(=O)N[C@H]2CCO[C@]3(CCSC3)C2)c1. The van der Waals surface area contributed by atoms with Crippen LogP contribution >= 0.6 is 11.8 Å². The lowest BCUT2D eigenvalue weighted by Crippen LogP contribution is -2.51. The lowest BCUT2D eigenvalue weighted by Gasteiger charge is -2.37. The van der Waals surface area contributed by atoms with Crippen molar-refractivity contribution < 1.29 is 9.53 Å². The molecular formula is C18H26N2O2S. The lowest BCUT2D eigenvalue weighted by molar-refractivity contribution is -0.0684. The third-order valence-electron chi connectivity index (χ3n) is 4.68. The molecule has 0 radical (unpaired) electrons. The summed E-state index contributed by atoms with van der Waals surface area (Å²) in [5, 5.41) is 6.11. The van der Waals surface area contributed by atoms with Crippen LogP contribution in [0.5, 0.6) is 0 Å². The van der Waals surface area contributed by atoms with Crippen LogP contribution in [-0.4, -0.2) is 42.3 Å². The van der Waals surface area contributed by atoms with Gasteiger partial charge in [-0.05, 0) is 43.9 Å². The monoisotopic (exact) mass is 334 g/mol. The fourth-order valence-corrected chi connectivity index (χ4v) is 4.82. The van der Waals surface area contributed by atoms with Crippen molar-refractivity contribution in [1.29, 1.82) is 0 Å². The second-order valence-electron chi connectivity index (χ2n) is 6.66. The molecule has 2 atom stereocenters. The number of amides is 2. The highest BCUT2D eigenvalue weighted by molar-refractivity contribution is 7.99. The number of benzene rings is 1. The van der Waals surface area contributed by atoms with Crippen molar-refractivity contribution in [3.8, 4) is 0 Å². The van der Waals surface area contributed by atoms with Crippen LogP contribution in [0.4, 0.5) is 4.79 Å². The van der Waals surface area contributed by atoms with Gasteiger partial charge in [-0.3, -0.25) is 0 Å². The molecule has 126 valence electrons. The largest absolute Gasteiger partial charge is 0.374 e. The smallest absolute Gasteiger partial charge is 0.315 e. The molecule has 0 unspecified atom stereocenters. The lowest BCUT2D eigenvalue weighted by atomic mass is 9.90. The van der Waals surface area contributed by atoms with Gasteiger partial charge in [-0.25, -0.2) is 4.79 Å². The summed E-state index contributed by atoms with van der Waals surface area (Å²) in [6, 6.07) is 8.61. The van der Waals surface area contributed by atoms with E-state index in [0.717, 1.165) is 38.0 Å². The molecule has 0 aromatic heterocycles. The molecule has 4 nitrogen and oxygen atoms in total. The van der Waals surface area contributed by atoms with Gasteiger partial charge in [0.15, 0.2) is 0 Å². The van der Waals surface area contributed by atoms with Gasteiger partial charge in [0.25, 0.3) is 0 Å². The Morgan fingerprint density at radius 2 is 2.39 bits per heavy atom. The molecule has 1 aromatic rings. The number of hydrogen-bond acceptors (Lipinski definition) is 3. The number of hydrogen-bond donors (Lipinski definition) is 2. The molecule has 3 rings (SSSR count). The Morgan fingerprint density at radius 3 is 3.17 bits per heavy atom. The van der Waals surface area contributed by atoms with E-state index in [2.05, 4.69) is 41.8 Å². The highest BCUT2D eigenvalue weighted by atomic mass is 32.2. The molecule has 2 aliphatic heterocycles. The Labute approximate surface area is 142 Å². The van der Waals surface area contributed by atoms with E-state index in [1.54, 1.807) is 0 Å².